The van der Waals surface area contributed by atoms with Crippen LogP contribution < -0.4 is 5.73 Å². The van der Waals surface area contributed by atoms with Gasteiger partial charge in [-0.15, -0.1) is 0 Å². The molecule has 1 saturated heterocycles. The third-order valence-electron chi connectivity index (χ3n) is 6.92. The number of rotatable bonds is 8. The normalized spacial score (nSPS) is 22.2. The second-order valence-electron chi connectivity index (χ2n) is 8.85. The Balaban J connectivity index is 1.64. The zero-order valence-electron chi connectivity index (χ0n) is 17.4. The van der Waals surface area contributed by atoms with Crippen molar-refractivity contribution in [2.24, 2.45) is 11.7 Å². The number of aliphatic carboxylic acids is 1. The highest BCUT2D eigenvalue weighted by molar-refractivity contribution is 6.40. The maximum atomic E-state index is 13.1. The molecule has 31 heavy (non-hydrogen) atoms. The van der Waals surface area contributed by atoms with E-state index in [4.69, 9.17) is 15.8 Å². The van der Waals surface area contributed by atoms with Crippen molar-refractivity contribution in [1.82, 2.24) is 4.90 Å². The molecule has 172 valence electrons. The largest absolute Gasteiger partial charge is 0.480 e. The van der Waals surface area contributed by atoms with Gasteiger partial charge in [-0.1, -0.05) is 18.9 Å². The van der Waals surface area contributed by atoms with E-state index in [1.54, 1.807) is 6.07 Å². The molecule has 0 amide bonds. The van der Waals surface area contributed by atoms with E-state index in [1.165, 1.54) is 6.07 Å². The molecule has 0 saturated carbocycles. The molecule has 0 aromatic heterocycles. The molecule has 3 rings (SSSR count). The first-order chi connectivity index (χ1) is 14.5. The number of carbonyl (C=O) groups is 1. The molecule has 0 bridgehead atoms. The van der Waals surface area contributed by atoms with Crippen LogP contribution in [0, 0.1) is 5.92 Å². The maximum absolute atomic E-state index is 13.1. The summed E-state index contributed by atoms with van der Waals surface area (Å²) in [5.41, 5.74) is 5.97. The van der Waals surface area contributed by atoms with Crippen LogP contribution in [0.3, 0.4) is 0 Å². The van der Waals surface area contributed by atoms with Crippen molar-refractivity contribution in [3.05, 3.63) is 34.9 Å². The summed E-state index contributed by atoms with van der Waals surface area (Å²) in [6.45, 7) is 1.18. The molecular formula is C21H30BF3N2O4. The predicted octanol–water partition coefficient (Wildman–Crippen LogP) is 2.83. The molecule has 2 aliphatic rings. The van der Waals surface area contributed by atoms with E-state index in [9.17, 15) is 23.1 Å². The number of fused-ring (bicyclic) bond motifs is 1. The molecule has 5 N–H and O–H groups in total. The van der Waals surface area contributed by atoms with Gasteiger partial charge in [-0.05, 0) is 80.7 Å². The topological polar surface area (TPSA) is 107 Å². The van der Waals surface area contributed by atoms with Gasteiger partial charge >= 0.3 is 19.3 Å². The van der Waals surface area contributed by atoms with Crippen molar-refractivity contribution >= 4 is 13.1 Å². The quantitative estimate of drug-likeness (QED) is 0.365. The first kappa shape index (κ1) is 24.0. The number of alkyl halides is 3. The van der Waals surface area contributed by atoms with Crippen molar-refractivity contribution < 1.29 is 33.1 Å². The number of likely N-dealkylation sites (tertiary alicyclic amines) is 1. The van der Waals surface area contributed by atoms with Gasteiger partial charge in [-0.3, -0.25) is 9.69 Å². The summed E-state index contributed by atoms with van der Waals surface area (Å²) < 4.78 is 39.4. The SMILES string of the molecule is N[C@](CCCCB(O)O)(C(=O)O)C1CCN(C2CCc3ccc(C(F)(F)F)cc32)CC1. The van der Waals surface area contributed by atoms with Crippen molar-refractivity contribution in [2.45, 2.75) is 69.0 Å². The standard InChI is InChI=1S/C21H30BF3N2O4/c23-21(24,25)16-5-3-14-4-6-18(17(14)13-16)27-11-7-15(8-12-27)20(26,19(28)29)9-1-2-10-22(30)31/h3,5,13,15,18,30-31H,1-2,4,6-12,26H2,(H,28,29)/t18?,20-/m0/s1. The van der Waals surface area contributed by atoms with E-state index in [-0.39, 0.29) is 24.7 Å². The molecule has 1 aliphatic carbocycles. The number of hydrogen-bond donors (Lipinski definition) is 4. The lowest BCUT2D eigenvalue weighted by Gasteiger charge is -2.42. The molecule has 1 aliphatic heterocycles. The van der Waals surface area contributed by atoms with Crippen LogP contribution in [-0.4, -0.2) is 51.8 Å². The summed E-state index contributed by atoms with van der Waals surface area (Å²) in [5.74, 6) is -1.29. The summed E-state index contributed by atoms with van der Waals surface area (Å²) in [4.78, 5) is 14.1. The Morgan fingerprint density at radius 2 is 1.84 bits per heavy atom. The molecule has 1 heterocycles. The molecule has 2 atom stereocenters. The van der Waals surface area contributed by atoms with Crippen molar-refractivity contribution in [3.8, 4) is 0 Å². The fraction of sp³-hybridized carbons (Fsp3) is 0.667. The number of unbranched alkanes of at least 4 members (excludes halogenated alkanes) is 1. The average Bonchev–Trinajstić information content (AvgIpc) is 3.13. The van der Waals surface area contributed by atoms with Crippen LogP contribution >= 0.6 is 0 Å². The highest BCUT2D eigenvalue weighted by atomic mass is 19.4. The smallest absolute Gasteiger partial charge is 0.451 e. The van der Waals surface area contributed by atoms with E-state index in [2.05, 4.69) is 4.90 Å². The van der Waals surface area contributed by atoms with E-state index in [0.29, 0.717) is 38.8 Å². The number of piperidine rings is 1. The second-order valence-corrected chi connectivity index (χ2v) is 8.85. The Morgan fingerprint density at radius 1 is 1.16 bits per heavy atom. The van der Waals surface area contributed by atoms with Gasteiger partial charge < -0.3 is 20.9 Å². The lowest BCUT2D eigenvalue weighted by Crippen LogP contribution is -2.57. The summed E-state index contributed by atoms with van der Waals surface area (Å²) in [6, 6.07) is 3.89. The van der Waals surface area contributed by atoms with E-state index in [0.717, 1.165) is 30.0 Å². The zero-order valence-corrected chi connectivity index (χ0v) is 17.4. The third kappa shape index (κ3) is 5.42. The molecular weight excluding hydrogens is 412 g/mol. The first-order valence-corrected chi connectivity index (χ1v) is 10.8. The maximum Gasteiger partial charge on any atom is 0.451 e. The number of carboxylic acid groups (broad SMARTS) is 1. The minimum atomic E-state index is -4.37. The molecule has 6 nitrogen and oxygen atoms in total. The summed E-state index contributed by atoms with van der Waals surface area (Å²) in [7, 11) is -1.41. The van der Waals surface area contributed by atoms with Gasteiger partial charge in [-0.25, -0.2) is 0 Å². The van der Waals surface area contributed by atoms with Gasteiger partial charge in [0.1, 0.15) is 5.54 Å². The predicted molar refractivity (Wildman–Crippen MR) is 110 cm³/mol. The third-order valence-corrected chi connectivity index (χ3v) is 6.92. The van der Waals surface area contributed by atoms with Gasteiger partial charge in [0.05, 0.1) is 5.56 Å². The molecule has 10 heteroatoms. The van der Waals surface area contributed by atoms with E-state index in [1.807, 2.05) is 0 Å². The minimum absolute atomic E-state index is 0.0821. The molecule has 1 aromatic rings. The number of nitrogens with zero attached hydrogens (tertiary/aromatic N) is 1. The molecule has 1 aromatic carbocycles. The number of nitrogens with two attached hydrogens (primary N) is 1. The van der Waals surface area contributed by atoms with Crippen LogP contribution in [0.2, 0.25) is 6.32 Å². The fourth-order valence-electron chi connectivity index (χ4n) is 5.09. The first-order valence-electron chi connectivity index (χ1n) is 10.8. The van der Waals surface area contributed by atoms with E-state index < -0.39 is 30.4 Å². The number of hydrogen-bond acceptors (Lipinski definition) is 5. The Bertz CT molecular complexity index is 784. The molecule has 1 fully saturated rings. The van der Waals surface area contributed by atoms with Crippen molar-refractivity contribution in [2.75, 3.05) is 13.1 Å². The number of carboxylic acids is 1. The van der Waals surface area contributed by atoms with Crippen LogP contribution in [0.5, 0.6) is 0 Å². The van der Waals surface area contributed by atoms with Crippen LogP contribution in [0.15, 0.2) is 18.2 Å². The van der Waals surface area contributed by atoms with Gasteiger partial charge in [0.25, 0.3) is 0 Å². The lowest BCUT2D eigenvalue weighted by molar-refractivity contribution is -0.147. The second kappa shape index (κ2) is 9.48. The van der Waals surface area contributed by atoms with Gasteiger partial charge in [0.2, 0.25) is 0 Å². The highest BCUT2D eigenvalue weighted by Crippen LogP contribution is 2.42. The van der Waals surface area contributed by atoms with Crippen molar-refractivity contribution in [3.63, 3.8) is 0 Å². The van der Waals surface area contributed by atoms with Crippen LogP contribution in [0.1, 0.15) is 61.3 Å². The summed E-state index contributed by atoms with van der Waals surface area (Å²) in [5, 5.41) is 27.7. The molecule has 0 spiro atoms. The van der Waals surface area contributed by atoms with Gasteiger partial charge in [0, 0.05) is 6.04 Å². The Morgan fingerprint density at radius 3 is 2.42 bits per heavy atom. The van der Waals surface area contributed by atoms with Crippen LogP contribution in [0.25, 0.3) is 0 Å². The van der Waals surface area contributed by atoms with Crippen LogP contribution in [0.4, 0.5) is 13.2 Å². The summed E-state index contributed by atoms with van der Waals surface area (Å²) >= 11 is 0. The molecule has 0 radical (unpaired) electrons. The van der Waals surface area contributed by atoms with Crippen molar-refractivity contribution in [1.29, 1.82) is 0 Å². The zero-order chi connectivity index (χ0) is 22.8. The Labute approximate surface area is 180 Å². The number of aryl methyl sites for hydroxylation is 1. The Hall–Kier alpha value is -1.62. The number of halogens is 3. The number of benzene rings is 1. The fourth-order valence-corrected chi connectivity index (χ4v) is 5.09. The molecule has 1 unspecified atom stereocenters. The highest BCUT2D eigenvalue weighted by Gasteiger charge is 2.44. The Kier molecular flexibility index (Phi) is 7.35. The average molecular weight is 442 g/mol. The lowest BCUT2D eigenvalue weighted by atomic mass is 9.74. The van der Waals surface area contributed by atoms with E-state index >= 15 is 0 Å². The van der Waals surface area contributed by atoms with Gasteiger partial charge in [-0.2, -0.15) is 13.2 Å². The van der Waals surface area contributed by atoms with Crippen LogP contribution in [-0.2, 0) is 17.4 Å². The summed E-state index contributed by atoms with van der Waals surface area (Å²) in [6.07, 6.45) is -0.355. The monoisotopic (exact) mass is 442 g/mol. The van der Waals surface area contributed by atoms with Gasteiger partial charge in [0.15, 0.2) is 0 Å². The minimum Gasteiger partial charge on any atom is -0.480 e.